The van der Waals surface area contributed by atoms with E-state index in [1.54, 1.807) is 0 Å². The minimum absolute atomic E-state index is 0.0279. The summed E-state index contributed by atoms with van der Waals surface area (Å²) >= 11 is 0. The third kappa shape index (κ3) is 7.45. The number of aliphatic hydroxyl groups excluding tert-OH is 1. The molecule has 1 aromatic rings. The molecule has 0 saturated carbocycles. The number of nitrogens with zero attached hydrogens (tertiary/aromatic N) is 1. The molecule has 1 N–H and O–H groups in total. The fourth-order valence-electron chi connectivity index (χ4n) is 3.84. The molecule has 0 radical (unpaired) electrons. The van der Waals surface area contributed by atoms with E-state index < -0.39 is 115 Å². The van der Waals surface area contributed by atoms with E-state index in [-0.39, 0.29) is 12.0 Å². The predicted octanol–water partition coefficient (Wildman–Crippen LogP) is 10.3. The fourth-order valence-corrected chi connectivity index (χ4v) is 3.84. The molecule has 1 rings (SSSR count). The molecule has 28 heteroatoms. The number of halogens is 26. The third-order valence-electron chi connectivity index (χ3n) is 7.09. The monoisotopic (exact) mass is 829 g/mol. The third-order valence-corrected chi connectivity index (χ3v) is 7.09. The first kappa shape index (κ1) is 47.2. The Morgan fingerprint density at radius 1 is 0.385 bits per heavy atom. The van der Waals surface area contributed by atoms with Gasteiger partial charge in [0.2, 0.25) is 0 Å². The summed E-state index contributed by atoms with van der Waals surface area (Å²) in [5, 5.41) is 8.87. The smallest absolute Gasteiger partial charge is 0.396 e. The van der Waals surface area contributed by atoms with Gasteiger partial charge in [0.15, 0.2) is 0 Å². The average Bonchev–Trinajstić information content (AvgIpc) is 2.95. The Kier molecular flexibility index (Phi) is 12.5. The Morgan fingerprint density at radius 2 is 0.654 bits per heavy atom. The molecule has 0 fully saturated rings. The molecular weight excluding hydrogens is 812 g/mol. The van der Waals surface area contributed by atoms with Gasteiger partial charge in [-0.15, -0.1) is 0 Å². The minimum atomic E-state index is -8.38. The quantitative estimate of drug-likeness (QED) is 0.158. The van der Waals surface area contributed by atoms with Gasteiger partial charge in [0.25, 0.3) is 0 Å². The number of hydrogen-bond donors (Lipinski definition) is 1. The maximum atomic E-state index is 14.4. The molecule has 0 aliphatic heterocycles. The van der Waals surface area contributed by atoms with Crippen molar-refractivity contribution in [3.8, 4) is 0 Å². The first-order valence-corrected chi connectivity index (χ1v) is 13.0. The zero-order valence-electron chi connectivity index (χ0n) is 24.3. The molecule has 2 nitrogen and oxygen atoms in total. The Morgan fingerprint density at radius 3 is 0.904 bits per heavy atom. The second-order valence-electron chi connectivity index (χ2n) is 10.6. The van der Waals surface area contributed by atoms with Crippen LogP contribution in [-0.4, -0.2) is 96.4 Å². The molecular formula is C24H17F26NO. The van der Waals surface area contributed by atoms with Gasteiger partial charge in [0.05, 0.1) is 0 Å². The second kappa shape index (κ2) is 13.8. The molecule has 0 atom stereocenters. The predicted molar refractivity (Wildman–Crippen MR) is 120 cm³/mol. The van der Waals surface area contributed by atoms with Crippen molar-refractivity contribution in [2.75, 3.05) is 24.6 Å². The van der Waals surface area contributed by atoms with E-state index in [4.69, 9.17) is 5.11 Å². The lowest BCUT2D eigenvalue weighted by Crippen LogP contribution is -2.70. The molecule has 0 saturated heterocycles. The van der Waals surface area contributed by atoms with E-state index in [0.717, 1.165) is 12.1 Å². The Hall–Kier alpha value is -2.84. The molecule has 52 heavy (non-hydrogen) atoms. The summed E-state index contributed by atoms with van der Waals surface area (Å²) in [6, 6.07) is 2.38. The molecule has 0 aromatic heterocycles. The maximum absolute atomic E-state index is 14.4. The van der Waals surface area contributed by atoms with Crippen molar-refractivity contribution in [2.24, 2.45) is 0 Å². The number of hydrogen-bond acceptors (Lipinski definition) is 2. The number of alkyl halides is 26. The zero-order chi connectivity index (χ0) is 41.8. The van der Waals surface area contributed by atoms with Gasteiger partial charge < -0.3 is 10.0 Å². The van der Waals surface area contributed by atoms with E-state index in [0.29, 0.717) is 12.1 Å². The summed E-state index contributed by atoms with van der Waals surface area (Å²) in [7, 11) is 0. The summed E-state index contributed by atoms with van der Waals surface area (Å²) in [5.74, 6) is -79.5. The van der Waals surface area contributed by atoms with Crippen LogP contribution in [0, 0.1) is 0 Å². The van der Waals surface area contributed by atoms with Gasteiger partial charge in [0, 0.05) is 38.2 Å². The van der Waals surface area contributed by atoms with Crippen LogP contribution < -0.4 is 4.90 Å². The van der Waals surface area contributed by atoms with E-state index in [9.17, 15) is 114 Å². The van der Waals surface area contributed by atoms with E-state index in [1.165, 1.54) is 0 Å². The van der Waals surface area contributed by atoms with Crippen LogP contribution >= 0.6 is 0 Å². The standard InChI is InChI=1S/C24H17F26NO/c25-13(26,15(29,30)17(33,34)19(37,38)21(41,42)23(45,46)47)6-8-51(12-3-1-11(2-4-12)5-10-52)9-7-14(27,28)16(31,32)18(35,36)20(39,40)22(43,44)24(48,49)50/h1-4,52H,5-10H2. The Bertz CT molecular complexity index is 1270. The lowest BCUT2D eigenvalue weighted by atomic mass is 9.92. The average molecular weight is 829 g/mol. The minimum Gasteiger partial charge on any atom is -0.396 e. The van der Waals surface area contributed by atoms with Crippen molar-refractivity contribution in [1.29, 1.82) is 0 Å². The van der Waals surface area contributed by atoms with Crippen LogP contribution in [0.4, 0.5) is 120 Å². The molecule has 0 aliphatic rings. The van der Waals surface area contributed by atoms with Crippen molar-refractivity contribution >= 4 is 5.69 Å². The van der Waals surface area contributed by atoms with Gasteiger partial charge in [0.1, 0.15) is 0 Å². The van der Waals surface area contributed by atoms with Crippen molar-refractivity contribution in [3.05, 3.63) is 29.8 Å². The summed E-state index contributed by atoms with van der Waals surface area (Å²) < 4.78 is 349. The number of aliphatic hydroxyl groups is 1. The number of anilines is 1. The zero-order valence-corrected chi connectivity index (χ0v) is 24.3. The molecule has 1 aromatic carbocycles. The van der Waals surface area contributed by atoms with Crippen LogP contribution in [0.25, 0.3) is 0 Å². The van der Waals surface area contributed by atoms with Gasteiger partial charge in [-0.25, -0.2) is 0 Å². The van der Waals surface area contributed by atoms with Crippen LogP contribution in [0.1, 0.15) is 18.4 Å². The van der Waals surface area contributed by atoms with Gasteiger partial charge in [-0.05, 0) is 24.1 Å². The number of benzene rings is 1. The van der Waals surface area contributed by atoms with Crippen molar-refractivity contribution in [3.63, 3.8) is 0 Å². The summed E-state index contributed by atoms with van der Waals surface area (Å²) in [6.45, 7) is -5.47. The summed E-state index contributed by atoms with van der Waals surface area (Å²) in [6.07, 6.45) is -22.4. The summed E-state index contributed by atoms with van der Waals surface area (Å²) in [5.41, 5.74) is -1.10. The highest BCUT2D eigenvalue weighted by molar-refractivity contribution is 5.48. The highest BCUT2D eigenvalue weighted by atomic mass is 19.4. The lowest BCUT2D eigenvalue weighted by Gasteiger charge is -2.41. The SMILES string of the molecule is OCCc1ccc(N(CCC(F)(F)C(F)(F)C(F)(F)C(F)(F)C(F)(F)C(F)(F)F)CCC(F)(F)C(F)(F)C(F)(F)C(F)(F)C(F)(F)C(F)(F)F)cc1. The molecule has 0 spiro atoms. The first-order valence-electron chi connectivity index (χ1n) is 13.0. The maximum Gasteiger partial charge on any atom is 0.460 e. The van der Waals surface area contributed by atoms with E-state index >= 15 is 0 Å². The molecule has 0 aliphatic carbocycles. The Balaban J connectivity index is 3.63. The normalized spacial score (nSPS) is 15.7. The molecule has 0 amide bonds. The van der Waals surface area contributed by atoms with Crippen molar-refractivity contribution in [2.45, 2.75) is 90.8 Å². The van der Waals surface area contributed by atoms with Crippen LogP contribution in [0.2, 0.25) is 0 Å². The van der Waals surface area contributed by atoms with Gasteiger partial charge in [-0.1, -0.05) is 12.1 Å². The summed E-state index contributed by atoms with van der Waals surface area (Å²) in [4.78, 5) is -0.460. The van der Waals surface area contributed by atoms with Crippen LogP contribution in [0.3, 0.4) is 0 Å². The second-order valence-corrected chi connectivity index (χ2v) is 10.6. The Labute approximate surface area is 271 Å². The molecule has 0 bridgehead atoms. The molecule has 0 heterocycles. The first-order chi connectivity index (χ1) is 22.6. The van der Waals surface area contributed by atoms with Gasteiger partial charge >= 0.3 is 71.6 Å². The fraction of sp³-hybridized carbons (Fsp3) is 0.750. The van der Waals surface area contributed by atoms with Crippen LogP contribution in [0.15, 0.2) is 24.3 Å². The van der Waals surface area contributed by atoms with Crippen molar-refractivity contribution in [1.82, 2.24) is 0 Å². The van der Waals surface area contributed by atoms with E-state index in [1.807, 2.05) is 0 Å². The number of rotatable bonds is 17. The van der Waals surface area contributed by atoms with Gasteiger partial charge in [-0.2, -0.15) is 114 Å². The topological polar surface area (TPSA) is 23.5 Å². The lowest BCUT2D eigenvalue weighted by molar-refractivity contribution is -0.440. The highest BCUT2D eigenvalue weighted by Crippen LogP contribution is 2.62. The van der Waals surface area contributed by atoms with Crippen molar-refractivity contribution < 1.29 is 119 Å². The van der Waals surface area contributed by atoms with Crippen LogP contribution in [-0.2, 0) is 6.42 Å². The van der Waals surface area contributed by atoms with E-state index in [2.05, 4.69) is 0 Å². The van der Waals surface area contributed by atoms with Gasteiger partial charge in [-0.3, -0.25) is 0 Å². The van der Waals surface area contributed by atoms with Crippen LogP contribution in [0.5, 0.6) is 0 Å². The highest BCUT2D eigenvalue weighted by Gasteiger charge is 2.92. The largest absolute Gasteiger partial charge is 0.460 e. The molecule has 306 valence electrons. The molecule has 0 unspecified atom stereocenters.